The van der Waals surface area contributed by atoms with Gasteiger partial charge in [-0.25, -0.2) is 0 Å². The Labute approximate surface area is 102 Å². The van der Waals surface area contributed by atoms with Gasteiger partial charge in [0.25, 0.3) is 0 Å². The molecule has 0 radical (unpaired) electrons. The number of hydrogen-bond acceptors (Lipinski definition) is 2. The van der Waals surface area contributed by atoms with E-state index in [2.05, 4.69) is 18.9 Å². The first-order valence-electron chi connectivity index (χ1n) is 5.86. The second kappa shape index (κ2) is 4.76. The van der Waals surface area contributed by atoms with Gasteiger partial charge in [0.2, 0.25) is 0 Å². The first-order chi connectivity index (χ1) is 7.61. The highest BCUT2D eigenvalue weighted by molar-refractivity contribution is 6.17. The van der Waals surface area contributed by atoms with Gasteiger partial charge in [-0.05, 0) is 33.6 Å². The molecule has 0 saturated carbocycles. The summed E-state index contributed by atoms with van der Waals surface area (Å²) < 4.78 is 7.85. The molecule has 3 nitrogen and oxygen atoms in total. The molecule has 2 rings (SSSR count). The minimum Gasteiger partial charge on any atom is -0.373 e. The van der Waals surface area contributed by atoms with E-state index in [4.69, 9.17) is 16.3 Å². The summed E-state index contributed by atoms with van der Waals surface area (Å²) in [4.78, 5) is 0. The average molecular weight is 243 g/mol. The van der Waals surface area contributed by atoms with Crippen LogP contribution in [0.1, 0.15) is 36.7 Å². The van der Waals surface area contributed by atoms with Gasteiger partial charge in [-0.3, -0.25) is 4.68 Å². The van der Waals surface area contributed by atoms with Crippen molar-refractivity contribution in [3.8, 4) is 0 Å². The monoisotopic (exact) mass is 242 g/mol. The first kappa shape index (κ1) is 11.9. The minimum absolute atomic E-state index is 0.316. The van der Waals surface area contributed by atoms with Crippen LogP contribution in [0.15, 0.2) is 0 Å². The third kappa shape index (κ3) is 2.25. The molecule has 16 heavy (non-hydrogen) atoms. The van der Waals surface area contributed by atoms with Crippen molar-refractivity contribution in [2.24, 2.45) is 0 Å². The number of rotatable bonds is 3. The van der Waals surface area contributed by atoms with Crippen LogP contribution in [0, 0.1) is 13.8 Å². The Morgan fingerprint density at radius 2 is 2.19 bits per heavy atom. The molecule has 1 aromatic heterocycles. The van der Waals surface area contributed by atoms with E-state index in [9.17, 15) is 0 Å². The van der Waals surface area contributed by atoms with Crippen LogP contribution in [0.2, 0.25) is 0 Å². The van der Waals surface area contributed by atoms with Gasteiger partial charge in [0.05, 0.1) is 30.3 Å². The predicted molar refractivity (Wildman–Crippen MR) is 64.8 cm³/mol. The highest BCUT2D eigenvalue weighted by Gasteiger charge is 2.23. The lowest BCUT2D eigenvalue weighted by Gasteiger charge is -2.12. The van der Waals surface area contributed by atoms with E-state index < -0.39 is 0 Å². The molecule has 0 aromatic carbocycles. The summed E-state index contributed by atoms with van der Waals surface area (Å²) in [6.07, 6.45) is 3.01. The number of aromatic nitrogens is 2. The van der Waals surface area contributed by atoms with Crippen molar-refractivity contribution in [2.75, 3.05) is 0 Å². The van der Waals surface area contributed by atoms with Gasteiger partial charge in [-0.1, -0.05) is 0 Å². The van der Waals surface area contributed by atoms with E-state index >= 15 is 0 Å². The number of alkyl halides is 1. The standard InChI is InChI=1S/C12H19ClN2O/c1-8-4-5-11(16-8)7-15-10(3)12(6-13)9(2)14-15/h8,11H,4-7H2,1-3H3. The van der Waals surface area contributed by atoms with E-state index in [1.807, 2.05) is 11.6 Å². The molecule has 0 aliphatic carbocycles. The Hall–Kier alpha value is -0.540. The largest absolute Gasteiger partial charge is 0.373 e. The zero-order chi connectivity index (χ0) is 11.7. The number of hydrogen-bond donors (Lipinski definition) is 0. The molecule has 0 bridgehead atoms. The number of ether oxygens (including phenoxy) is 1. The highest BCUT2D eigenvalue weighted by atomic mass is 35.5. The molecule has 1 saturated heterocycles. The third-order valence-corrected chi connectivity index (χ3v) is 3.63. The van der Waals surface area contributed by atoms with E-state index in [0.29, 0.717) is 18.1 Å². The smallest absolute Gasteiger partial charge is 0.0775 e. The number of aryl methyl sites for hydroxylation is 1. The summed E-state index contributed by atoms with van der Waals surface area (Å²) in [6, 6.07) is 0. The van der Waals surface area contributed by atoms with Gasteiger partial charge in [0, 0.05) is 11.3 Å². The molecule has 1 aromatic rings. The quantitative estimate of drug-likeness (QED) is 0.763. The molecule has 1 fully saturated rings. The summed E-state index contributed by atoms with van der Waals surface area (Å²) in [5, 5.41) is 4.52. The molecule has 1 aliphatic heterocycles. The molecule has 0 N–H and O–H groups in total. The second-order valence-electron chi connectivity index (χ2n) is 4.61. The molecule has 0 spiro atoms. The van der Waals surface area contributed by atoms with E-state index in [1.165, 1.54) is 5.69 Å². The van der Waals surface area contributed by atoms with Crippen molar-refractivity contribution in [1.82, 2.24) is 9.78 Å². The minimum atomic E-state index is 0.316. The fourth-order valence-electron chi connectivity index (χ4n) is 2.32. The van der Waals surface area contributed by atoms with Gasteiger partial charge < -0.3 is 4.74 Å². The van der Waals surface area contributed by atoms with Gasteiger partial charge in [-0.15, -0.1) is 11.6 Å². The Balaban J connectivity index is 2.10. The number of nitrogens with zero attached hydrogens (tertiary/aromatic N) is 2. The van der Waals surface area contributed by atoms with Crippen molar-refractivity contribution in [2.45, 2.75) is 58.2 Å². The predicted octanol–water partition coefficient (Wildman–Crippen LogP) is 2.81. The van der Waals surface area contributed by atoms with Crippen molar-refractivity contribution in [3.05, 3.63) is 17.0 Å². The Morgan fingerprint density at radius 3 is 2.69 bits per heavy atom. The fourth-order valence-corrected chi connectivity index (χ4v) is 2.70. The van der Waals surface area contributed by atoms with Crippen molar-refractivity contribution in [1.29, 1.82) is 0 Å². The van der Waals surface area contributed by atoms with Crippen LogP contribution in [0.25, 0.3) is 0 Å². The van der Waals surface area contributed by atoms with Crippen molar-refractivity contribution >= 4 is 11.6 Å². The van der Waals surface area contributed by atoms with Gasteiger partial charge >= 0.3 is 0 Å². The molecule has 4 heteroatoms. The summed E-state index contributed by atoms with van der Waals surface area (Å²) in [5.74, 6) is 0.541. The van der Waals surface area contributed by atoms with Crippen molar-refractivity contribution < 1.29 is 4.74 Å². The molecule has 2 heterocycles. The van der Waals surface area contributed by atoms with Crippen LogP contribution in [0.4, 0.5) is 0 Å². The first-order valence-corrected chi connectivity index (χ1v) is 6.39. The van der Waals surface area contributed by atoms with Crippen LogP contribution >= 0.6 is 11.6 Å². The van der Waals surface area contributed by atoms with Gasteiger partial charge in [-0.2, -0.15) is 5.10 Å². The lowest BCUT2D eigenvalue weighted by Crippen LogP contribution is -2.18. The molecular weight excluding hydrogens is 224 g/mol. The summed E-state index contributed by atoms with van der Waals surface area (Å²) in [5.41, 5.74) is 3.38. The van der Waals surface area contributed by atoms with E-state index in [-0.39, 0.29) is 0 Å². The third-order valence-electron chi connectivity index (χ3n) is 3.36. The topological polar surface area (TPSA) is 27.1 Å². The van der Waals surface area contributed by atoms with Gasteiger partial charge in [0.15, 0.2) is 0 Å². The maximum absolute atomic E-state index is 5.91. The van der Waals surface area contributed by atoms with Crippen LogP contribution in [0.5, 0.6) is 0 Å². The zero-order valence-corrected chi connectivity index (χ0v) is 10.9. The van der Waals surface area contributed by atoms with Crippen LogP contribution in [0.3, 0.4) is 0 Å². The SMILES string of the molecule is Cc1nn(CC2CCC(C)O2)c(C)c1CCl. The fraction of sp³-hybridized carbons (Fsp3) is 0.750. The van der Waals surface area contributed by atoms with Crippen LogP contribution in [-0.2, 0) is 17.2 Å². The van der Waals surface area contributed by atoms with Crippen molar-refractivity contribution in [3.63, 3.8) is 0 Å². The van der Waals surface area contributed by atoms with Crippen LogP contribution < -0.4 is 0 Å². The lowest BCUT2D eigenvalue weighted by molar-refractivity contribution is 0.0433. The highest BCUT2D eigenvalue weighted by Crippen LogP contribution is 2.22. The molecule has 2 atom stereocenters. The van der Waals surface area contributed by atoms with E-state index in [1.54, 1.807) is 0 Å². The van der Waals surface area contributed by atoms with Gasteiger partial charge in [0.1, 0.15) is 0 Å². The molecule has 90 valence electrons. The molecule has 0 amide bonds. The second-order valence-corrected chi connectivity index (χ2v) is 4.88. The molecule has 1 aliphatic rings. The summed E-state index contributed by atoms with van der Waals surface area (Å²) in [7, 11) is 0. The molecule has 2 unspecified atom stereocenters. The van der Waals surface area contributed by atoms with E-state index in [0.717, 1.165) is 30.6 Å². The maximum atomic E-state index is 5.91. The zero-order valence-electron chi connectivity index (χ0n) is 10.2. The van der Waals surface area contributed by atoms with Crippen LogP contribution in [-0.4, -0.2) is 22.0 Å². The normalized spacial score (nSPS) is 25.2. The maximum Gasteiger partial charge on any atom is 0.0775 e. The number of halogens is 1. The lowest BCUT2D eigenvalue weighted by atomic mass is 10.2. The molecular formula is C12H19ClN2O. The Kier molecular flexibility index (Phi) is 3.55. The summed E-state index contributed by atoms with van der Waals surface area (Å²) >= 11 is 5.91. The Bertz CT molecular complexity index is 375. The average Bonchev–Trinajstić information content (AvgIpc) is 2.74. The Morgan fingerprint density at radius 1 is 1.44 bits per heavy atom. The summed E-state index contributed by atoms with van der Waals surface area (Å²) in [6.45, 7) is 7.08.